The second kappa shape index (κ2) is 4.70. The summed E-state index contributed by atoms with van der Waals surface area (Å²) < 4.78 is 13.9. The van der Waals surface area contributed by atoms with Crippen molar-refractivity contribution < 1.29 is 4.39 Å². The van der Waals surface area contributed by atoms with Crippen LogP contribution >= 0.6 is 15.9 Å². The Morgan fingerprint density at radius 3 is 2.72 bits per heavy atom. The van der Waals surface area contributed by atoms with Gasteiger partial charge in [-0.15, -0.1) is 0 Å². The van der Waals surface area contributed by atoms with E-state index in [4.69, 9.17) is 11.0 Å². The fourth-order valence-electron chi connectivity index (χ4n) is 1.52. The third-order valence-electron chi connectivity index (χ3n) is 2.40. The summed E-state index contributed by atoms with van der Waals surface area (Å²) >= 11 is 3.30. The molecule has 6 heteroatoms. The molecule has 0 aliphatic carbocycles. The van der Waals surface area contributed by atoms with E-state index in [1.54, 1.807) is 13.0 Å². The van der Waals surface area contributed by atoms with Crippen LogP contribution in [0.15, 0.2) is 22.7 Å². The molecule has 0 radical (unpaired) electrons. The third-order valence-corrected chi connectivity index (χ3v) is 3.09. The Morgan fingerprint density at radius 1 is 1.39 bits per heavy atom. The molecule has 1 aromatic heterocycles. The molecule has 2 aromatic rings. The summed E-state index contributed by atoms with van der Waals surface area (Å²) in [7, 11) is 0. The number of aromatic nitrogens is 2. The molecule has 0 amide bonds. The van der Waals surface area contributed by atoms with Crippen molar-refractivity contribution in [2.45, 2.75) is 6.92 Å². The zero-order valence-corrected chi connectivity index (χ0v) is 11.0. The summed E-state index contributed by atoms with van der Waals surface area (Å²) in [5, 5.41) is 8.88. The van der Waals surface area contributed by atoms with Crippen molar-refractivity contribution in [3.8, 4) is 17.5 Å². The Balaban J connectivity index is 2.66. The van der Waals surface area contributed by atoms with Gasteiger partial charge in [0, 0.05) is 10.0 Å². The Labute approximate surface area is 111 Å². The maximum Gasteiger partial charge on any atom is 0.163 e. The average Bonchev–Trinajstić information content (AvgIpc) is 2.32. The van der Waals surface area contributed by atoms with Gasteiger partial charge in [-0.3, -0.25) is 0 Å². The van der Waals surface area contributed by atoms with Gasteiger partial charge >= 0.3 is 0 Å². The lowest BCUT2D eigenvalue weighted by Crippen LogP contribution is -2.03. The molecule has 2 rings (SSSR count). The van der Waals surface area contributed by atoms with E-state index in [1.807, 2.05) is 6.07 Å². The van der Waals surface area contributed by atoms with Gasteiger partial charge in [0.15, 0.2) is 5.82 Å². The second-order valence-electron chi connectivity index (χ2n) is 3.63. The number of nitrogens with zero attached hydrogens (tertiary/aromatic N) is 3. The molecule has 0 spiro atoms. The Hall–Kier alpha value is -2.00. The normalized spacial score (nSPS) is 10.1. The predicted octanol–water partition coefficient (Wildman–Crippen LogP) is 2.81. The first kappa shape index (κ1) is 12.5. The summed E-state index contributed by atoms with van der Waals surface area (Å²) in [5.41, 5.74) is 6.88. The first-order chi connectivity index (χ1) is 8.52. The van der Waals surface area contributed by atoms with Crippen LogP contribution < -0.4 is 5.73 Å². The van der Waals surface area contributed by atoms with Crippen molar-refractivity contribution in [2.75, 3.05) is 5.73 Å². The lowest BCUT2D eigenvalue weighted by molar-refractivity contribution is 0.628. The van der Waals surface area contributed by atoms with Crippen LogP contribution in [0.2, 0.25) is 0 Å². The highest BCUT2D eigenvalue weighted by atomic mass is 79.9. The maximum absolute atomic E-state index is 13.2. The van der Waals surface area contributed by atoms with E-state index in [-0.39, 0.29) is 17.2 Å². The number of hydrogen-bond acceptors (Lipinski definition) is 4. The molecule has 0 aliphatic heterocycles. The molecule has 0 aliphatic rings. The Morgan fingerprint density at radius 2 is 2.11 bits per heavy atom. The van der Waals surface area contributed by atoms with Gasteiger partial charge in [0.25, 0.3) is 0 Å². The summed E-state index contributed by atoms with van der Waals surface area (Å²) in [6.45, 7) is 1.66. The van der Waals surface area contributed by atoms with Crippen LogP contribution in [0, 0.1) is 24.1 Å². The highest BCUT2D eigenvalue weighted by Gasteiger charge is 2.13. The molecule has 0 atom stereocenters. The predicted molar refractivity (Wildman–Crippen MR) is 69.0 cm³/mol. The number of nitriles is 1. The SMILES string of the molecule is Cc1nc(-c2cc(F)ccc2Br)nc(N)c1C#N. The standard InChI is InChI=1S/C12H8BrFN4/c1-6-9(5-15)11(16)18-12(17-6)8-4-7(14)2-3-10(8)13/h2-4H,1H3,(H2,16,17,18). The minimum absolute atomic E-state index is 0.0937. The molecule has 90 valence electrons. The minimum Gasteiger partial charge on any atom is -0.382 e. The van der Waals surface area contributed by atoms with Gasteiger partial charge in [-0.05, 0) is 25.1 Å². The van der Waals surface area contributed by atoms with E-state index in [0.29, 0.717) is 15.7 Å². The summed E-state index contributed by atoms with van der Waals surface area (Å²) in [4.78, 5) is 8.19. The molecule has 0 unspecified atom stereocenters. The molecule has 0 saturated carbocycles. The zero-order chi connectivity index (χ0) is 13.3. The fraction of sp³-hybridized carbons (Fsp3) is 0.0833. The quantitative estimate of drug-likeness (QED) is 0.879. The van der Waals surface area contributed by atoms with Gasteiger partial charge in [-0.1, -0.05) is 15.9 Å². The number of aryl methyl sites for hydroxylation is 1. The second-order valence-corrected chi connectivity index (χ2v) is 4.48. The van der Waals surface area contributed by atoms with Crippen molar-refractivity contribution in [3.63, 3.8) is 0 Å². The number of nitrogens with two attached hydrogens (primary N) is 1. The Bertz CT molecular complexity index is 641. The fourth-order valence-corrected chi connectivity index (χ4v) is 1.95. The molecule has 18 heavy (non-hydrogen) atoms. The molecule has 1 aromatic carbocycles. The number of anilines is 1. The van der Waals surface area contributed by atoms with Crippen molar-refractivity contribution in [1.29, 1.82) is 5.26 Å². The van der Waals surface area contributed by atoms with Crippen LogP contribution in [-0.4, -0.2) is 9.97 Å². The van der Waals surface area contributed by atoms with Crippen LogP contribution in [0.4, 0.5) is 10.2 Å². The van der Waals surface area contributed by atoms with Crippen molar-refractivity contribution in [3.05, 3.63) is 39.7 Å². The van der Waals surface area contributed by atoms with Crippen LogP contribution in [0.1, 0.15) is 11.3 Å². The highest BCUT2D eigenvalue weighted by Crippen LogP contribution is 2.28. The van der Waals surface area contributed by atoms with Gasteiger partial charge in [0.05, 0.1) is 5.69 Å². The smallest absolute Gasteiger partial charge is 0.163 e. The van der Waals surface area contributed by atoms with Gasteiger partial charge < -0.3 is 5.73 Å². The average molecular weight is 307 g/mol. The first-order valence-electron chi connectivity index (χ1n) is 5.02. The van der Waals surface area contributed by atoms with Crippen LogP contribution in [0.25, 0.3) is 11.4 Å². The third kappa shape index (κ3) is 2.17. The van der Waals surface area contributed by atoms with E-state index < -0.39 is 5.82 Å². The van der Waals surface area contributed by atoms with E-state index in [2.05, 4.69) is 25.9 Å². The molecular formula is C12H8BrFN4. The minimum atomic E-state index is -0.391. The number of hydrogen-bond donors (Lipinski definition) is 1. The molecule has 0 bridgehead atoms. The highest BCUT2D eigenvalue weighted by molar-refractivity contribution is 9.10. The summed E-state index contributed by atoms with van der Waals surface area (Å²) in [6, 6.07) is 6.14. The molecular weight excluding hydrogens is 299 g/mol. The van der Waals surface area contributed by atoms with E-state index in [1.165, 1.54) is 12.1 Å². The van der Waals surface area contributed by atoms with Crippen molar-refractivity contribution in [1.82, 2.24) is 9.97 Å². The van der Waals surface area contributed by atoms with Crippen LogP contribution in [0.3, 0.4) is 0 Å². The Kier molecular flexibility index (Phi) is 3.26. The van der Waals surface area contributed by atoms with Gasteiger partial charge in [-0.25, -0.2) is 14.4 Å². The zero-order valence-electron chi connectivity index (χ0n) is 9.41. The lowest BCUT2D eigenvalue weighted by Gasteiger charge is -2.07. The maximum atomic E-state index is 13.2. The first-order valence-corrected chi connectivity index (χ1v) is 5.82. The van der Waals surface area contributed by atoms with Crippen LogP contribution in [0.5, 0.6) is 0 Å². The van der Waals surface area contributed by atoms with E-state index in [0.717, 1.165) is 0 Å². The molecule has 0 saturated heterocycles. The van der Waals surface area contributed by atoms with E-state index >= 15 is 0 Å². The topological polar surface area (TPSA) is 75.6 Å². The largest absolute Gasteiger partial charge is 0.382 e. The van der Waals surface area contributed by atoms with Crippen molar-refractivity contribution >= 4 is 21.7 Å². The molecule has 4 nitrogen and oxygen atoms in total. The molecule has 0 fully saturated rings. The van der Waals surface area contributed by atoms with Crippen molar-refractivity contribution in [2.24, 2.45) is 0 Å². The number of rotatable bonds is 1. The molecule has 1 heterocycles. The number of nitrogen functional groups attached to an aromatic ring is 1. The number of benzene rings is 1. The monoisotopic (exact) mass is 306 g/mol. The number of halogens is 2. The van der Waals surface area contributed by atoms with Gasteiger partial charge in [0.2, 0.25) is 0 Å². The van der Waals surface area contributed by atoms with Crippen LogP contribution in [-0.2, 0) is 0 Å². The lowest BCUT2D eigenvalue weighted by atomic mass is 10.2. The van der Waals surface area contributed by atoms with Gasteiger partial charge in [-0.2, -0.15) is 5.26 Å². The molecule has 2 N–H and O–H groups in total. The summed E-state index contributed by atoms with van der Waals surface area (Å²) in [5.74, 6) is -0.0103. The summed E-state index contributed by atoms with van der Waals surface area (Å²) in [6.07, 6.45) is 0. The van der Waals surface area contributed by atoms with E-state index in [9.17, 15) is 4.39 Å². The van der Waals surface area contributed by atoms with Gasteiger partial charge in [0.1, 0.15) is 23.3 Å².